The van der Waals surface area contributed by atoms with E-state index >= 15 is 0 Å². The van der Waals surface area contributed by atoms with Gasteiger partial charge in [0.2, 0.25) is 0 Å². The smallest absolute Gasteiger partial charge is 0.160 e. The molecule has 1 aliphatic rings. The van der Waals surface area contributed by atoms with Gasteiger partial charge in [-0.3, -0.25) is 0 Å². The fourth-order valence-electron chi connectivity index (χ4n) is 2.06. The summed E-state index contributed by atoms with van der Waals surface area (Å²) in [7, 11) is 0. The number of aromatic nitrogens is 2. The van der Waals surface area contributed by atoms with E-state index in [1.165, 1.54) is 0 Å². The van der Waals surface area contributed by atoms with E-state index < -0.39 is 0 Å². The van der Waals surface area contributed by atoms with Crippen molar-refractivity contribution in [3.05, 3.63) is 16.0 Å². The maximum Gasteiger partial charge on any atom is 0.160 e. The summed E-state index contributed by atoms with van der Waals surface area (Å²) in [6.45, 7) is 6.02. The Morgan fingerprint density at radius 1 is 1.35 bits per heavy atom. The molecule has 1 unspecified atom stereocenters. The normalized spacial score (nSPS) is 19.1. The molecule has 0 spiro atoms. The molecule has 1 saturated heterocycles. The first-order valence-electron chi connectivity index (χ1n) is 7.25. The first-order chi connectivity index (χ1) is 9.76. The molecule has 1 fully saturated rings. The van der Waals surface area contributed by atoms with E-state index in [9.17, 15) is 0 Å². The van der Waals surface area contributed by atoms with Crippen LogP contribution in [0.1, 0.15) is 44.3 Å². The summed E-state index contributed by atoms with van der Waals surface area (Å²) in [5, 5.41) is 3.38. The Morgan fingerprint density at radius 2 is 2.20 bits per heavy atom. The largest absolute Gasteiger partial charge is 0.369 e. The third-order valence-corrected chi connectivity index (χ3v) is 4.90. The van der Waals surface area contributed by atoms with Crippen LogP contribution in [0.3, 0.4) is 0 Å². The van der Waals surface area contributed by atoms with E-state index in [2.05, 4.69) is 40.1 Å². The summed E-state index contributed by atoms with van der Waals surface area (Å²) in [6.07, 6.45) is 3.13. The molecule has 0 bridgehead atoms. The molecule has 0 aliphatic carbocycles. The first-order valence-corrected chi connectivity index (χ1v) is 9.20. The van der Waals surface area contributed by atoms with Crippen LogP contribution in [0.25, 0.3) is 0 Å². The topological polar surface area (TPSA) is 47.0 Å². The number of anilines is 1. The molecule has 2 heterocycles. The van der Waals surface area contributed by atoms with Gasteiger partial charge >= 0.3 is 0 Å². The number of thioether (sulfide) groups is 1. The lowest BCUT2D eigenvalue weighted by Gasteiger charge is -2.22. The van der Waals surface area contributed by atoms with Gasteiger partial charge in [-0.05, 0) is 28.8 Å². The number of halogens is 1. The van der Waals surface area contributed by atoms with E-state index in [0.29, 0.717) is 0 Å². The molecule has 1 aromatic rings. The van der Waals surface area contributed by atoms with E-state index in [1.807, 2.05) is 11.8 Å². The van der Waals surface area contributed by atoms with E-state index in [0.717, 1.165) is 65.7 Å². The van der Waals surface area contributed by atoms with Gasteiger partial charge in [-0.15, -0.1) is 0 Å². The van der Waals surface area contributed by atoms with Gasteiger partial charge in [0.05, 0.1) is 16.8 Å². The number of ether oxygens (including phenoxy) is 1. The minimum atomic E-state index is 0.0274. The molecule has 0 amide bonds. The van der Waals surface area contributed by atoms with Crippen molar-refractivity contribution in [2.24, 2.45) is 0 Å². The molecule has 20 heavy (non-hydrogen) atoms. The highest BCUT2D eigenvalue weighted by molar-refractivity contribution is 9.10. The van der Waals surface area contributed by atoms with Crippen molar-refractivity contribution >= 4 is 33.5 Å². The molecule has 6 heteroatoms. The molecular weight excluding hydrogens is 338 g/mol. The number of rotatable bonds is 6. The van der Waals surface area contributed by atoms with Crippen molar-refractivity contribution in [3.8, 4) is 0 Å². The first kappa shape index (κ1) is 16.0. The molecule has 112 valence electrons. The molecule has 2 rings (SSSR count). The highest BCUT2D eigenvalue weighted by Crippen LogP contribution is 2.30. The zero-order chi connectivity index (χ0) is 14.4. The average Bonchev–Trinajstić information content (AvgIpc) is 2.49. The molecule has 1 N–H and O–H groups in total. The Bertz CT molecular complexity index is 439. The Morgan fingerprint density at radius 3 is 2.85 bits per heavy atom. The highest BCUT2D eigenvalue weighted by Gasteiger charge is 2.22. The predicted molar refractivity (Wildman–Crippen MR) is 88.5 cm³/mol. The Hall–Kier alpha value is -0.330. The zero-order valence-corrected chi connectivity index (χ0v) is 14.5. The lowest BCUT2D eigenvalue weighted by Crippen LogP contribution is -2.20. The highest BCUT2D eigenvalue weighted by atomic mass is 79.9. The van der Waals surface area contributed by atoms with Gasteiger partial charge in [0.15, 0.2) is 5.82 Å². The Kier molecular flexibility index (Phi) is 6.58. The van der Waals surface area contributed by atoms with Crippen molar-refractivity contribution in [2.75, 3.05) is 30.0 Å². The third kappa shape index (κ3) is 4.09. The van der Waals surface area contributed by atoms with Gasteiger partial charge in [0, 0.05) is 18.1 Å². The van der Waals surface area contributed by atoms with Gasteiger partial charge in [-0.25, -0.2) is 9.97 Å². The molecule has 1 atom stereocenters. The number of nitrogens with one attached hydrogen (secondary N) is 1. The SMILES string of the molecule is CCCNc1nc(C2CSCCO2)nc(CCC)c1Br. The molecule has 0 saturated carbocycles. The molecular formula is C14H22BrN3OS. The fraction of sp³-hybridized carbons (Fsp3) is 0.714. The van der Waals surface area contributed by atoms with Crippen LogP contribution in [-0.2, 0) is 11.2 Å². The second-order valence-corrected chi connectivity index (χ2v) is 6.75. The summed E-state index contributed by atoms with van der Waals surface area (Å²) in [5.41, 5.74) is 1.08. The van der Waals surface area contributed by atoms with Crippen molar-refractivity contribution in [1.82, 2.24) is 9.97 Å². The summed E-state index contributed by atoms with van der Waals surface area (Å²) < 4.78 is 6.81. The van der Waals surface area contributed by atoms with Crippen molar-refractivity contribution in [1.29, 1.82) is 0 Å². The molecule has 4 nitrogen and oxygen atoms in total. The Labute approximate surface area is 133 Å². The van der Waals surface area contributed by atoms with Crippen LogP contribution in [0.15, 0.2) is 4.47 Å². The van der Waals surface area contributed by atoms with Crippen LogP contribution in [0.2, 0.25) is 0 Å². The number of hydrogen-bond donors (Lipinski definition) is 1. The van der Waals surface area contributed by atoms with Gasteiger partial charge in [0.25, 0.3) is 0 Å². The fourth-order valence-corrected chi connectivity index (χ4v) is 3.41. The number of nitrogens with zero attached hydrogens (tertiary/aromatic N) is 2. The average molecular weight is 360 g/mol. The van der Waals surface area contributed by atoms with Gasteiger partial charge in [-0.1, -0.05) is 20.3 Å². The monoisotopic (exact) mass is 359 g/mol. The van der Waals surface area contributed by atoms with Gasteiger partial charge < -0.3 is 10.1 Å². The summed E-state index contributed by atoms with van der Waals surface area (Å²) in [5.74, 6) is 3.73. The van der Waals surface area contributed by atoms with Crippen LogP contribution in [0.5, 0.6) is 0 Å². The minimum Gasteiger partial charge on any atom is -0.369 e. The second-order valence-electron chi connectivity index (χ2n) is 4.80. The van der Waals surface area contributed by atoms with E-state index in [-0.39, 0.29) is 6.10 Å². The van der Waals surface area contributed by atoms with E-state index in [4.69, 9.17) is 9.72 Å². The summed E-state index contributed by atoms with van der Waals surface area (Å²) in [4.78, 5) is 9.39. The summed E-state index contributed by atoms with van der Waals surface area (Å²) >= 11 is 5.54. The number of aryl methyl sites for hydroxylation is 1. The molecule has 1 aromatic heterocycles. The molecule has 0 radical (unpaired) electrons. The standard InChI is InChI=1S/C14H22BrN3OS/c1-3-5-10-12(15)14(16-6-4-2)18-13(17-10)11-9-20-8-7-19-11/h11H,3-9H2,1-2H3,(H,16,17,18). The number of hydrogen-bond acceptors (Lipinski definition) is 5. The molecule has 1 aliphatic heterocycles. The van der Waals surface area contributed by atoms with Crippen molar-refractivity contribution in [2.45, 2.75) is 39.2 Å². The quantitative estimate of drug-likeness (QED) is 0.836. The second kappa shape index (κ2) is 8.20. The molecule has 0 aromatic carbocycles. The minimum absolute atomic E-state index is 0.0274. The van der Waals surface area contributed by atoms with Crippen LogP contribution < -0.4 is 5.32 Å². The third-order valence-electron chi connectivity index (χ3n) is 3.07. The van der Waals surface area contributed by atoms with Crippen LogP contribution in [0.4, 0.5) is 5.82 Å². The lowest BCUT2D eigenvalue weighted by atomic mass is 10.2. The maximum absolute atomic E-state index is 5.81. The Balaban J connectivity index is 2.27. The lowest BCUT2D eigenvalue weighted by molar-refractivity contribution is 0.0693. The van der Waals surface area contributed by atoms with Crippen molar-refractivity contribution < 1.29 is 4.74 Å². The maximum atomic E-state index is 5.81. The van der Waals surface area contributed by atoms with Gasteiger partial charge in [-0.2, -0.15) is 11.8 Å². The van der Waals surface area contributed by atoms with Crippen LogP contribution in [-0.4, -0.2) is 34.6 Å². The predicted octanol–water partition coefficient (Wildman–Crippen LogP) is 3.82. The van der Waals surface area contributed by atoms with Crippen LogP contribution in [0, 0.1) is 0 Å². The summed E-state index contributed by atoms with van der Waals surface area (Å²) in [6, 6.07) is 0. The van der Waals surface area contributed by atoms with Gasteiger partial charge in [0.1, 0.15) is 11.9 Å². The van der Waals surface area contributed by atoms with E-state index in [1.54, 1.807) is 0 Å². The zero-order valence-electron chi connectivity index (χ0n) is 12.1. The van der Waals surface area contributed by atoms with Crippen molar-refractivity contribution in [3.63, 3.8) is 0 Å². The van der Waals surface area contributed by atoms with Crippen LogP contribution >= 0.6 is 27.7 Å².